The smallest absolute Gasteiger partial charge is 0.306 e. The molecule has 0 atom stereocenters. The fourth-order valence-electron chi connectivity index (χ4n) is 3.84. The van der Waals surface area contributed by atoms with Gasteiger partial charge in [-0.3, -0.25) is 4.79 Å². The van der Waals surface area contributed by atoms with Crippen LogP contribution < -0.4 is 0 Å². The number of aromatic nitrogens is 1. The molecule has 0 bridgehead atoms. The number of aryl methyl sites for hydroxylation is 1. The number of ether oxygens (including phenoxy) is 1. The predicted octanol–water partition coefficient (Wildman–Crippen LogP) is 5.93. The molecule has 0 amide bonds. The topological polar surface area (TPSA) is 39.2 Å². The van der Waals surface area contributed by atoms with Crippen LogP contribution in [0, 0.1) is 0 Å². The summed E-state index contributed by atoms with van der Waals surface area (Å²) in [5.74, 6) is -0.155. The zero-order chi connectivity index (χ0) is 18.9. The normalized spacial score (nSPS) is 12.7. The number of hydrogen-bond acceptors (Lipinski definition) is 4. The highest BCUT2D eigenvalue weighted by Gasteiger charge is 2.30. The third-order valence-electron chi connectivity index (χ3n) is 5.14. The van der Waals surface area contributed by atoms with E-state index in [4.69, 9.17) is 4.74 Å². The van der Waals surface area contributed by atoms with E-state index in [9.17, 15) is 4.79 Å². The minimum Gasteiger partial charge on any atom is -0.452 e. The van der Waals surface area contributed by atoms with Gasteiger partial charge in [0, 0.05) is 17.5 Å². The minimum atomic E-state index is -0.303. The van der Waals surface area contributed by atoms with E-state index in [0.717, 1.165) is 45.6 Å². The molecule has 1 aliphatic rings. The van der Waals surface area contributed by atoms with Crippen LogP contribution in [0.3, 0.4) is 0 Å². The van der Waals surface area contributed by atoms with E-state index in [0.29, 0.717) is 6.42 Å². The zero-order valence-corrected chi connectivity index (χ0v) is 16.1. The van der Waals surface area contributed by atoms with E-state index in [1.54, 1.807) is 11.3 Å². The van der Waals surface area contributed by atoms with Gasteiger partial charge in [0.1, 0.15) is 0 Å². The molecule has 0 saturated carbocycles. The Bertz CT molecular complexity index is 1090. The Balaban J connectivity index is 1.26. The molecule has 138 valence electrons. The summed E-state index contributed by atoms with van der Waals surface area (Å²) >= 11 is 1.70. The molecular weight excluding hydrogens is 366 g/mol. The Morgan fingerprint density at radius 1 is 0.893 bits per heavy atom. The summed E-state index contributed by atoms with van der Waals surface area (Å²) in [6, 6.07) is 24.5. The fourth-order valence-corrected chi connectivity index (χ4v) is 4.85. The van der Waals surface area contributed by atoms with Gasteiger partial charge in [0.25, 0.3) is 0 Å². The maximum absolute atomic E-state index is 12.5. The second-order valence-electron chi connectivity index (χ2n) is 6.97. The first-order valence-electron chi connectivity index (χ1n) is 9.52. The lowest BCUT2D eigenvalue weighted by Crippen LogP contribution is -2.10. The van der Waals surface area contributed by atoms with Gasteiger partial charge in [-0.25, -0.2) is 4.98 Å². The number of thiazole rings is 1. The highest BCUT2D eigenvalue weighted by molar-refractivity contribution is 7.18. The first-order chi connectivity index (χ1) is 13.8. The number of fused-ring (bicyclic) bond motifs is 4. The summed E-state index contributed by atoms with van der Waals surface area (Å²) in [5.41, 5.74) is 5.49. The average Bonchev–Trinajstić information content (AvgIpc) is 3.28. The van der Waals surface area contributed by atoms with E-state index in [1.165, 1.54) is 4.70 Å². The quantitative estimate of drug-likeness (QED) is 0.400. The van der Waals surface area contributed by atoms with Crippen molar-refractivity contribution in [2.75, 3.05) is 0 Å². The van der Waals surface area contributed by atoms with Gasteiger partial charge in [0.05, 0.1) is 15.2 Å². The van der Waals surface area contributed by atoms with Gasteiger partial charge in [-0.05, 0) is 36.1 Å². The molecule has 0 radical (unpaired) electrons. The summed E-state index contributed by atoms with van der Waals surface area (Å²) in [6.45, 7) is 0. The van der Waals surface area contributed by atoms with Crippen molar-refractivity contribution < 1.29 is 9.53 Å². The van der Waals surface area contributed by atoms with Crippen molar-refractivity contribution in [1.82, 2.24) is 4.98 Å². The predicted molar refractivity (Wildman–Crippen MR) is 112 cm³/mol. The molecule has 0 N–H and O–H groups in total. The molecule has 3 nitrogen and oxygen atoms in total. The standard InChI is InChI=1S/C24H19NO2S/c26-23(15-7-14-22-25-20-12-5-6-13-21(20)28-22)27-24-18-10-3-1-8-16(18)17-9-2-4-11-19(17)24/h1-6,8-13,24H,7,14-15H2. The van der Waals surface area contributed by atoms with E-state index < -0.39 is 0 Å². The van der Waals surface area contributed by atoms with Crippen molar-refractivity contribution in [3.8, 4) is 11.1 Å². The van der Waals surface area contributed by atoms with Crippen LogP contribution in [-0.2, 0) is 16.0 Å². The van der Waals surface area contributed by atoms with Crippen LogP contribution >= 0.6 is 11.3 Å². The van der Waals surface area contributed by atoms with Crippen LogP contribution in [0.4, 0.5) is 0 Å². The van der Waals surface area contributed by atoms with E-state index in [-0.39, 0.29) is 12.1 Å². The summed E-state index contributed by atoms with van der Waals surface area (Å²) in [7, 11) is 0. The van der Waals surface area contributed by atoms with Crippen molar-refractivity contribution in [3.05, 3.63) is 88.9 Å². The SMILES string of the molecule is O=C(CCCc1nc2ccccc2s1)OC1c2ccccc2-c2ccccc21. The first-order valence-corrected chi connectivity index (χ1v) is 10.3. The number of benzene rings is 3. The molecule has 0 saturated heterocycles. The lowest BCUT2D eigenvalue weighted by molar-refractivity contribution is -0.147. The monoisotopic (exact) mass is 385 g/mol. The third-order valence-corrected chi connectivity index (χ3v) is 6.23. The van der Waals surface area contributed by atoms with Crippen molar-refractivity contribution in [3.63, 3.8) is 0 Å². The van der Waals surface area contributed by atoms with Crippen LogP contribution in [0.1, 0.15) is 35.1 Å². The summed E-state index contributed by atoms with van der Waals surface area (Å²) in [5, 5.41) is 1.07. The Morgan fingerprint density at radius 3 is 2.25 bits per heavy atom. The van der Waals surface area contributed by atoms with E-state index >= 15 is 0 Å². The van der Waals surface area contributed by atoms with Crippen LogP contribution in [0.5, 0.6) is 0 Å². The fraction of sp³-hybridized carbons (Fsp3) is 0.167. The van der Waals surface area contributed by atoms with Crippen LogP contribution in [0.15, 0.2) is 72.8 Å². The lowest BCUT2D eigenvalue weighted by atomic mass is 10.1. The summed E-state index contributed by atoms with van der Waals surface area (Å²) in [4.78, 5) is 17.2. The van der Waals surface area contributed by atoms with Gasteiger partial charge >= 0.3 is 5.97 Å². The minimum absolute atomic E-state index is 0.155. The largest absolute Gasteiger partial charge is 0.452 e. The number of hydrogen-bond donors (Lipinski definition) is 0. The Hall–Kier alpha value is -2.98. The highest BCUT2D eigenvalue weighted by Crippen LogP contribution is 2.45. The molecule has 0 aliphatic heterocycles. The Morgan fingerprint density at radius 2 is 1.54 bits per heavy atom. The molecule has 0 fully saturated rings. The third kappa shape index (κ3) is 3.10. The molecule has 1 aliphatic carbocycles. The maximum Gasteiger partial charge on any atom is 0.306 e. The van der Waals surface area contributed by atoms with Gasteiger partial charge in [-0.2, -0.15) is 0 Å². The van der Waals surface area contributed by atoms with E-state index in [2.05, 4.69) is 35.3 Å². The van der Waals surface area contributed by atoms with Crippen LogP contribution in [-0.4, -0.2) is 11.0 Å². The first kappa shape index (κ1) is 17.1. The number of nitrogens with zero attached hydrogens (tertiary/aromatic N) is 1. The van der Waals surface area contributed by atoms with Gasteiger partial charge in [0.15, 0.2) is 6.10 Å². The summed E-state index contributed by atoms with van der Waals surface area (Å²) < 4.78 is 7.10. The van der Waals surface area contributed by atoms with Crippen molar-refractivity contribution in [2.45, 2.75) is 25.4 Å². The average molecular weight is 385 g/mol. The van der Waals surface area contributed by atoms with Gasteiger partial charge < -0.3 is 4.74 Å². The molecule has 28 heavy (non-hydrogen) atoms. The number of carbonyl (C=O) groups is 1. The van der Waals surface area contributed by atoms with Crippen molar-refractivity contribution >= 4 is 27.5 Å². The van der Waals surface area contributed by atoms with E-state index in [1.807, 2.05) is 42.5 Å². The van der Waals surface area contributed by atoms with Crippen LogP contribution in [0.25, 0.3) is 21.3 Å². The lowest BCUT2D eigenvalue weighted by Gasteiger charge is -2.15. The zero-order valence-electron chi connectivity index (χ0n) is 15.3. The number of rotatable bonds is 5. The Labute approximate surface area is 167 Å². The molecule has 1 aromatic heterocycles. The summed E-state index contributed by atoms with van der Waals surface area (Å²) in [6.07, 6.45) is 1.64. The molecular formula is C24H19NO2S. The van der Waals surface area contributed by atoms with Crippen molar-refractivity contribution in [1.29, 1.82) is 0 Å². The molecule has 4 aromatic rings. The molecule has 0 spiro atoms. The maximum atomic E-state index is 12.5. The van der Waals surface area contributed by atoms with Crippen LogP contribution in [0.2, 0.25) is 0 Å². The second-order valence-corrected chi connectivity index (χ2v) is 8.09. The molecule has 5 rings (SSSR count). The number of esters is 1. The number of carbonyl (C=O) groups excluding carboxylic acids is 1. The Kier molecular flexibility index (Phi) is 4.41. The molecule has 1 heterocycles. The molecule has 3 aromatic carbocycles. The second kappa shape index (κ2) is 7.21. The van der Waals surface area contributed by atoms with Gasteiger partial charge in [-0.1, -0.05) is 60.7 Å². The van der Waals surface area contributed by atoms with Gasteiger partial charge in [-0.15, -0.1) is 11.3 Å². The number of para-hydroxylation sites is 1. The van der Waals surface area contributed by atoms with Crippen molar-refractivity contribution in [2.24, 2.45) is 0 Å². The van der Waals surface area contributed by atoms with Gasteiger partial charge in [0.2, 0.25) is 0 Å². The molecule has 4 heteroatoms. The molecule has 0 unspecified atom stereocenters. The highest BCUT2D eigenvalue weighted by atomic mass is 32.1.